The van der Waals surface area contributed by atoms with E-state index in [1.165, 1.54) is 147 Å². The van der Waals surface area contributed by atoms with Crippen LogP contribution in [0.1, 0.15) is 193 Å². The molecule has 1 fully saturated rings. The quantitative estimate of drug-likeness (QED) is 0.159. The van der Waals surface area contributed by atoms with Crippen LogP contribution in [0.3, 0.4) is 0 Å². The summed E-state index contributed by atoms with van der Waals surface area (Å²) in [6, 6.07) is 72.5. The molecule has 9 aromatic rings. The molecule has 0 aromatic heterocycles. The molecule has 9 aromatic carbocycles. The predicted octanol–water partition coefficient (Wildman–Crippen LogP) is 20.4. The first kappa shape index (κ1) is 56.0. The smallest absolute Gasteiger partial charge is 0.252 e. The Morgan fingerprint density at radius 2 is 0.793 bits per heavy atom. The van der Waals surface area contributed by atoms with Gasteiger partial charge in [0.05, 0.1) is 16.9 Å². The topological polar surface area (TPSA) is 9.72 Å². The fraction of sp³-hybridized carbons (Fsp3) is 0.349. The molecule has 2 atom stereocenters. The Bertz CT molecular complexity index is 4340. The average molecular weight is 1140 g/mol. The van der Waals surface area contributed by atoms with E-state index in [1.54, 1.807) is 0 Å². The normalized spacial score (nSPS) is 21.2. The van der Waals surface area contributed by atoms with Gasteiger partial charge in [0.1, 0.15) is 0 Å². The van der Waals surface area contributed by atoms with E-state index in [2.05, 4.69) is 307 Å². The molecule has 3 aliphatic heterocycles. The number of benzene rings is 9. The minimum absolute atomic E-state index is 0.0328. The van der Waals surface area contributed by atoms with Gasteiger partial charge in [-0.05, 0) is 180 Å². The molecule has 0 saturated heterocycles. The molecule has 0 N–H and O–H groups in total. The summed E-state index contributed by atoms with van der Waals surface area (Å²) in [6.07, 6.45) is 5.79. The van der Waals surface area contributed by atoms with Crippen molar-refractivity contribution >= 4 is 68.6 Å². The van der Waals surface area contributed by atoms with Gasteiger partial charge < -0.3 is 14.7 Å². The third-order valence-corrected chi connectivity index (χ3v) is 22.9. The Labute approximate surface area is 521 Å². The van der Waals surface area contributed by atoms with Crippen molar-refractivity contribution in [1.82, 2.24) is 0 Å². The molecule has 2 unspecified atom stereocenters. The van der Waals surface area contributed by atoms with Crippen LogP contribution in [0.5, 0.6) is 0 Å². The summed E-state index contributed by atoms with van der Waals surface area (Å²) in [6.45, 7) is 39.2. The van der Waals surface area contributed by atoms with Crippen molar-refractivity contribution in [3.05, 3.63) is 232 Å². The van der Waals surface area contributed by atoms with Gasteiger partial charge in [-0.2, -0.15) is 0 Å². The number of nitrogens with zero attached hydrogens (tertiary/aromatic N) is 3. The SMILES string of the molecule is CC(C)(C)c1ccc(N2c3cc4c(cc3B3c5cc6c(cc5N(c5ccc(C(C)(C)C)cc5-c5ccccc5)c5cc(N7c8ccccc8C8(C)CCCCC78C)cc2c53)C(C)(C)c2ccccc2C6(C)C)C(C)(C)CC4(C)C)c(-c2ccccc2)c1. The number of hydrogen-bond acceptors (Lipinski definition) is 3. The summed E-state index contributed by atoms with van der Waals surface area (Å²) in [5.74, 6) is 0. The fourth-order valence-electron chi connectivity index (χ4n) is 18.2. The minimum atomic E-state index is -0.280. The highest BCUT2D eigenvalue weighted by atomic mass is 15.3. The molecular formula is C83H88BN3. The lowest BCUT2D eigenvalue weighted by Crippen LogP contribution is -2.62. The second-order valence-corrected chi connectivity index (χ2v) is 32.0. The third kappa shape index (κ3) is 7.93. The molecule has 0 spiro atoms. The van der Waals surface area contributed by atoms with E-state index in [9.17, 15) is 0 Å². The lowest BCUT2D eigenvalue weighted by molar-refractivity contribution is 0.195. The van der Waals surface area contributed by atoms with Gasteiger partial charge in [0, 0.05) is 61.5 Å². The van der Waals surface area contributed by atoms with Crippen molar-refractivity contribution in [2.75, 3.05) is 14.7 Å². The molecule has 0 radical (unpaired) electrons. The first-order chi connectivity index (χ1) is 41.1. The molecular weight excluding hydrogens is 1050 g/mol. The summed E-state index contributed by atoms with van der Waals surface area (Å²) in [5.41, 5.74) is 30.9. The summed E-state index contributed by atoms with van der Waals surface area (Å²) < 4.78 is 0. The molecule has 6 aliphatic rings. The molecule has 87 heavy (non-hydrogen) atoms. The van der Waals surface area contributed by atoms with E-state index in [4.69, 9.17) is 0 Å². The standard InChI is InChI=1S/C83H88BN3/c1-76(2,3)54-37-39-68(57(43-54)52-29-19-17-20-30-52)85-71-49-63-62(78(7,8)51-79(63,9)10)47-66(71)84-67-48-64-65(81(13,14)60-34-24-23-33-59(60)80(64,11)12)50-72(67)86(69-40-38-55(77(4,5)6)44-58(69)53-31-21-18-22-32-53)74-46-56(45-73(85)75(74)84)87-70-36-26-25-35-61(70)82(15)41-27-28-42-83(82,87)16/h17-26,29-40,43-50H,27-28,41-42,51H2,1-16H3. The Balaban J connectivity index is 1.15. The number of rotatable bonds is 5. The second-order valence-electron chi connectivity index (χ2n) is 32.0. The first-order valence-corrected chi connectivity index (χ1v) is 32.7. The minimum Gasteiger partial charge on any atom is -0.334 e. The molecule has 0 bridgehead atoms. The van der Waals surface area contributed by atoms with Crippen LogP contribution >= 0.6 is 0 Å². The van der Waals surface area contributed by atoms with Crippen LogP contribution < -0.4 is 31.1 Å². The highest BCUT2D eigenvalue weighted by Crippen LogP contribution is 2.63. The zero-order chi connectivity index (χ0) is 60.9. The zero-order valence-corrected chi connectivity index (χ0v) is 54.8. The molecule has 3 heterocycles. The van der Waals surface area contributed by atoms with E-state index < -0.39 is 0 Å². The van der Waals surface area contributed by atoms with Crippen LogP contribution in [0.25, 0.3) is 22.3 Å². The van der Waals surface area contributed by atoms with Gasteiger partial charge in [0.15, 0.2) is 0 Å². The van der Waals surface area contributed by atoms with Gasteiger partial charge in [-0.15, -0.1) is 0 Å². The number of hydrogen-bond donors (Lipinski definition) is 0. The molecule has 1 saturated carbocycles. The molecule has 3 aliphatic carbocycles. The van der Waals surface area contributed by atoms with Crippen molar-refractivity contribution in [2.45, 2.75) is 186 Å². The zero-order valence-electron chi connectivity index (χ0n) is 54.8. The maximum atomic E-state index is 2.85. The predicted molar refractivity (Wildman–Crippen MR) is 373 cm³/mol. The Hall–Kier alpha value is -7.56. The van der Waals surface area contributed by atoms with Crippen LogP contribution in [-0.2, 0) is 37.9 Å². The van der Waals surface area contributed by atoms with E-state index >= 15 is 0 Å². The van der Waals surface area contributed by atoms with Gasteiger partial charge >= 0.3 is 0 Å². The van der Waals surface area contributed by atoms with Crippen LogP contribution in [0, 0.1) is 0 Å². The van der Waals surface area contributed by atoms with E-state index in [1.807, 2.05) is 0 Å². The van der Waals surface area contributed by atoms with Crippen LogP contribution in [0.2, 0.25) is 0 Å². The van der Waals surface area contributed by atoms with Crippen LogP contribution in [0.4, 0.5) is 45.5 Å². The van der Waals surface area contributed by atoms with Gasteiger partial charge in [0.2, 0.25) is 0 Å². The molecule has 0 amide bonds. The van der Waals surface area contributed by atoms with E-state index in [0.717, 1.165) is 19.3 Å². The first-order valence-electron chi connectivity index (χ1n) is 32.7. The van der Waals surface area contributed by atoms with E-state index in [-0.39, 0.29) is 50.2 Å². The van der Waals surface area contributed by atoms with Crippen molar-refractivity contribution in [3.63, 3.8) is 0 Å². The Morgan fingerprint density at radius 1 is 0.368 bits per heavy atom. The number of para-hydroxylation sites is 1. The lowest BCUT2D eigenvalue weighted by Gasteiger charge is -2.51. The van der Waals surface area contributed by atoms with Crippen molar-refractivity contribution in [3.8, 4) is 22.3 Å². The summed E-state index contributed by atoms with van der Waals surface area (Å²) in [7, 11) is 0. The Morgan fingerprint density at radius 3 is 1.30 bits per heavy atom. The monoisotopic (exact) mass is 1140 g/mol. The van der Waals surface area contributed by atoms with Gasteiger partial charge in [0.25, 0.3) is 6.71 Å². The summed E-state index contributed by atoms with van der Waals surface area (Å²) >= 11 is 0. The summed E-state index contributed by atoms with van der Waals surface area (Å²) in [4.78, 5) is 8.41. The second kappa shape index (κ2) is 18.5. The largest absolute Gasteiger partial charge is 0.334 e. The van der Waals surface area contributed by atoms with Gasteiger partial charge in [-0.1, -0.05) is 244 Å². The molecule has 3 nitrogen and oxygen atoms in total. The number of anilines is 8. The third-order valence-electron chi connectivity index (χ3n) is 22.9. The average Bonchev–Trinajstić information content (AvgIpc) is 0.980. The summed E-state index contributed by atoms with van der Waals surface area (Å²) in [5, 5.41) is 0. The Kier molecular flexibility index (Phi) is 11.9. The number of fused-ring (bicyclic) bond motifs is 10. The van der Waals surface area contributed by atoms with Crippen molar-refractivity contribution < 1.29 is 0 Å². The van der Waals surface area contributed by atoms with Gasteiger partial charge in [-0.25, -0.2) is 0 Å². The molecule has 438 valence electrons. The molecule has 4 heteroatoms. The molecule has 15 rings (SSSR count). The van der Waals surface area contributed by atoms with Crippen molar-refractivity contribution in [1.29, 1.82) is 0 Å². The fourth-order valence-corrected chi connectivity index (χ4v) is 18.2. The van der Waals surface area contributed by atoms with Crippen molar-refractivity contribution in [2.24, 2.45) is 0 Å². The lowest BCUT2D eigenvalue weighted by atomic mass is 9.32. The highest BCUT2D eigenvalue weighted by molar-refractivity contribution is 7.00. The van der Waals surface area contributed by atoms with Crippen LogP contribution in [0.15, 0.2) is 182 Å². The van der Waals surface area contributed by atoms with Gasteiger partial charge in [-0.3, -0.25) is 0 Å². The highest BCUT2D eigenvalue weighted by Gasteiger charge is 2.59. The van der Waals surface area contributed by atoms with Crippen LogP contribution in [-0.4, -0.2) is 12.3 Å². The maximum absolute atomic E-state index is 2.85. The van der Waals surface area contributed by atoms with E-state index in [0.29, 0.717) is 0 Å². The maximum Gasteiger partial charge on any atom is 0.252 e.